The van der Waals surface area contributed by atoms with Crippen molar-refractivity contribution in [3.8, 4) is 11.1 Å². The zero-order chi connectivity index (χ0) is 29.2. The van der Waals surface area contributed by atoms with Crippen molar-refractivity contribution in [3.63, 3.8) is 0 Å². The molecule has 10 heteroatoms. The van der Waals surface area contributed by atoms with E-state index in [2.05, 4.69) is 15.6 Å². The summed E-state index contributed by atoms with van der Waals surface area (Å²) in [5, 5.41) is 23.8. The number of benzene rings is 2. The molecule has 9 nitrogen and oxygen atoms in total. The number of aryl methyl sites for hydroxylation is 1. The molecular formula is C30H34FN5O4. The zero-order valence-electron chi connectivity index (χ0n) is 23.3. The van der Waals surface area contributed by atoms with Gasteiger partial charge in [0.2, 0.25) is 0 Å². The molecule has 1 atom stereocenters. The quantitative estimate of drug-likeness (QED) is 0.329. The van der Waals surface area contributed by atoms with Crippen LogP contribution in [0.3, 0.4) is 0 Å². The van der Waals surface area contributed by atoms with Crippen LogP contribution in [0.5, 0.6) is 0 Å². The number of anilines is 2. The molecule has 0 saturated heterocycles. The Kier molecular flexibility index (Phi) is 8.20. The van der Waals surface area contributed by atoms with Crippen molar-refractivity contribution in [2.24, 2.45) is 12.0 Å². The van der Waals surface area contributed by atoms with Crippen LogP contribution < -0.4 is 16.2 Å². The summed E-state index contributed by atoms with van der Waals surface area (Å²) in [4.78, 5) is 30.5. The van der Waals surface area contributed by atoms with E-state index < -0.39 is 18.3 Å². The number of aliphatic hydroxyl groups excluding tert-OH is 1. The summed E-state index contributed by atoms with van der Waals surface area (Å²) in [5.41, 5.74) is 1.94. The standard InChI is InChI=1S/C30H34FN5O4/c1-17-9-10-40-29(33-17)35-25-12-19(15-36(5)28(25)39)21-7-6-8-24(22(21)16-37)34-27(38)26-18(14-32)11-20(13-23(26)31)30(2,3)4/h6-8,11-15,17,32,37H,9-10,16H2,1-5H3,(H,33,35)(H,34,38). The fraction of sp³-hybridized carbons (Fsp3) is 0.333. The Morgan fingerprint density at radius 2 is 2.02 bits per heavy atom. The zero-order valence-corrected chi connectivity index (χ0v) is 23.3. The van der Waals surface area contributed by atoms with E-state index in [9.17, 15) is 14.7 Å². The molecule has 1 aliphatic heterocycles. The first kappa shape index (κ1) is 28.7. The number of hydrogen-bond acceptors (Lipinski definition) is 7. The van der Waals surface area contributed by atoms with Gasteiger partial charge in [0.1, 0.15) is 11.5 Å². The van der Waals surface area contributed by atoms with Crippen LogP contribution in [0.2, 0.25) is 0 Å². The number of carbonyl (C=O) groups excluding carboxylic acids is 1. The summed E-state index contributed by atoms with van der Waals surface area (Å²) in [6.45, 7) is 7.78. The lowest BCUT2D eigenvalue weighted by Gasteiger charge is -2.21. The van der Waals surface area contributed by atoms with Gasteiger partial charge in [0.15, 0.2) is 0 Å². The topological polar surface area (TPSA) is 129 Å². The van der Waals surface area contributed by atoms with Gasteiger partial charge < -0.3 is 30.5 Å². The molecule has 210 valence electrons. The number of aliphatic hydroxyl groups is 1. The highest BCUT2D eigenvalue weighted by molar-refractivity contribution is 6.10. The van der Waals surface area contributed by atoms with Gasteiger partial charge in [-0.05, 0) is 47.7 Å². The number of amidine groups is 1. The molecule has 1 aliphatic rings. The van der Waals surface area contributed by atoms with Gasteiger partial charge in [-0.25, -0.2) is 9.38 Å². The monoisotopic (exact) mass is 547 g/mol. The lowest BCUT2D eigenvalue weighted by Crippen LogP contribution is -2.29. The van der Waals surface area contributed by atoms with Gasteiger partial charge in [-0.1, -0.05) is 32.9 Å². The third-order valence-electron chi connectivity index (χ3n) is 6.80. The van der Waals surface area contributed by atoms with Gasteiger partial charge in [0.25, 0.3) is 17.5 Å². The van der Waals surface area contributed by atoms with Crippen LogP contribution in [0.15, 0.2) is 52.4 Å². The SMILES string of the molecule is CC1CCOC(Nc2cc(-c3cccc(NC(=O)c4c(F)cc(C(C)(C)C)cc4C=N)c3CO)cn(C)c2=O)=N1. The van der Waals surface area contributed by atoms with Crippen molar-refractivity contribution in [2.45, 2.75) is 52.2 Å². The predicted octanol–water partition coefficient (Wildman–Crippen LogP) is 4.81. The van der Waals surface area contributed by atoms with Crippen molar-refractivity contribution < 1.29 is 19.0 Å². The molecule has 2 heterocycles. The van der Waals surface area contributed by atoms with E-state index in [1.807, 2.05) is 27.7 Å². The number of aromatic nitrogens is 1. The molecule has 40 heavy (non-hydrogen) atoms. The number of ether oxygens (including phenoxy) is 1. The average Bonchev–Trinajstić information content (AvgIpc) is 2.89. The van der Waals surface area contributed by atoms with Crippen molar-refractivity contribution in [2.75, 3.05) is 17.2 Å². The Hall–Kier alpha value is -4.31. The van der Waals surface area contributed by atoms with Crippen molar-refractivity contribution in [3.05, 3.63) is 81.0 Å². The first-order valence-electron chi connectivity index (χ1n) is 13.0. The van der Waals surface area contributed by atoms with Crippen LogP contribution in [0.4, 0.5) is 15.8 Å². The van der Waals surface area contributed by atoms with E-state index in [-0.39, 0.29) is 45.5 Å². The van der Waals surface area contributed by atoms with Crippen LogP contribution in [0.25, 0.3) is 11.1 Å². The summed E-state index contributed by atoms with van der Waals surface area (Å²) in [6.07, 6.45) is 3.36. The van der Waals surface area contributed by atoms with Crippen molar-refractivity contribution in [1.29, 1.82) is 5.41 Å². The summed E-state index contributed by atoms with van der Waals surface area (Å²) < 4.78 is 22.1. The molecule has 2 aromatic carbocycles. The van der Waals surface area contributed by atoms with E-state index in [1.54, 1.807) is 43.6 Å². The molecule has 1 unspecified atom stereocenters. The summed E-state index contributed by atoms with van der Waals surface area (Å²) >= 11 is 0. The number of nitrogens with zero attached hydrogens (tertiary/aromatic N) is 2. The third kappa shape index (κ3) is 5.96. The number of rotatable bonds is 6. The molecule has 4 rings (SSSR count). The minimum absolute atomic E-state index is 0.0623. The van der Waals surface area contributed by atoms with Crippen LogP contribution in [0.1, 0.15) is 61.2 Å². The molecule has 0 bridgehead atoms. The van der Waals surface area contributed by atoms with Gasteiger partial charge in [-0.3, -0.25) is 9.59 Å². The maximum atomic E-state index is 15.2. The second kappa shape index (κ2) is 11.4. The summed E-state index contributed by atoms with van der Waals surface area (Å²) in [6, 6.07) is 9.94. The largest absolute Gasteiger partial charge is 0.465 e. The van der Waals surface area contributed by atoms with Crippen LogP contribution in [-0.4, -0.2) is 40.5 Å². The second-order valence-electron chi connectivity index (χ2n) is 10.9. The Bertz CT molecular complexity index is 1550. The normalized spacial score (nSPS) is 15.2. The molecule has 3 aromatic rings. The van der Waals surface area contributed by atoms with Crippen LogP contribution in [0, 0.1) is 11.2 Å². The number of nitrogens with one attached hydrogen (secondary N) is 3. The smallest absolute Gasteiger partial charge is 0.289 e. The minimum Gasteiger partial charge on any atom is -0.465 e. The summed E-state index contributed by atoms with van der Waals surface area (Å²) in [7, 11) is 1.61. The van der Waals surface area contributed by atoms with Crippen molar-refractivity contribution >= 4 is 29.5 Å². The molecule has 4 N–H and O–H groups in total. The Balaban J connectivity index is 1.72. The third-order valence-corrected chi connectivity index (χ3v) is 6.80. The van der Waals surface area contributed by atoms with E-state index in [1.165, 1.54) is 10.6 Å². The predicted molar refractivity (Wildman–Crippen MR) is 155 cm³/mol. The molecule has 1 aromatic heterocycles. The average molecular weight is 548 g/mol. The van der Waals surface area contributed by atoms with E-state index in [0.717, 1.165) is 12.6 Å². The highest BCUT2D eigenvalue weighted by Gasteiger charge is 2.23. The van der Waals surface area contributed by atoms with Crippen LogP contribution in [-0.2, 0) is 23.8 Å². The second-order valence-corrected chi connectivity index (χ2v) is 10.9. The molecule has 0 aliphatic carbocycles. The Morgan fingerprint density at radius 3 is 2.67 bits per heavy atom. The highest BCUT2D eigenvalue weighted by Crippen LogP contribution is 2.32. The van der Waals surface area contributed by atoms with Crippen LogP contribution >= 0.6 is 0 Å². The molecule has 0 saturated carbocycles. The minimum atomic E-state index is -0.743. The number of hydrogen-bond donors (Lipinski definition) is 4. The number of pyridine rings is 1. The fourth-order valence-electron chi connectivity index (χ4n) is 4.50. The van der Waals surface area contributed by atoms with E-state index >= 15 is 4.39 Å². The molecule has 0 radical (unpaired) electrons. The van der Waals surface area contributed by atoms with E-state index in [0.29, 0.717) is 28.9 Å². The fourth-order valence-corrected chi connectivity index (χ4v) is 4.50. The number of halogens is 1. The molecule has 1 amide bonds. The summed E-state index contributed by atoms with van der Waals surface area (Å²) in [5.74, 6) is -1.48. The Labute approximate surface area is 232 Å². The first-order valence-corrected chi connectivity index (χ1v) is 13.0. The van der Waals surface area contributed by atoms with Gasteiger partial charge >= 0.3 is 0 Å². The lowest BCUT2D eigenvalue weighted by molar-refractivity contribution is 0.102. The van der Waals surface area contributed by atoms with Gasteiger partial charge in [0.05, 0.1) is 24.8 Å². The maximum Gasteiger partial charge on any atom is 0.289 e. The lowest BCUT2D eigenvalue weighted by atomic mass is 9.85. The maximum absolute atomic E-state index is 15.2. The Morgan fingerprint density at radius 1 is 1.27 bits per heavy atom. The molecular weight excluding hydrogens is 513 g/mol. The number of aliphatic imine (C=N–C) groups is 1. The number of amides is 1. The number of carbonyl (C=O) groups is 1. The molecule has 0 spiro atoms. The first-order chi connectivity index (χ1) is 18.9. The highest BCUT2D eigenvalue weighted by atomic mass is 19.1. The molecule has 0 fully saturated rings. The van der Waals surface area contributed by atoms with Gasteiger partial charge in [-0.2, -0.15) is 0 Å². The van der Waals surface area contributed by atoms with Gasteiger partial charge in [-0.15, -0.1) is 0 Å². The van der Waals surface area contributed by atoms with Crippen molar-refractivity contribution in [1.82, 2.24) is 4.57 Å². The van der Waals surface area contributed by atoms with Gasteiger partial charge in [0, 0.05) is 48.3 Å². The van der Waals surface area contributed by atoms with E-state index in [4.69, 9.17) is 10.1 Å².